The fourth-order valence-corrected chi connectivity index (χ4v) is 1.13. The summed E-state index contributed by atoms with van der Waals surface area (Å²) in [6.07, 6.45) is 2.23. The van der Waals surface area contributed by atoms with Gasteiger partial charge in [0.05, 0.1) is 18.4 Å². The monoisotopic (exact) mass is 226 g/mol. The number of hydrogen-bond donors (Lipinski definition) is 0. The summed E-state index contributed by atoms with van der Waals surface area (Å²) in [6.45, 7) is 3.60. The smallest absolute Gasteiger partial charge is 0.191 e. The Balaban J connectivity index is 2.96. The van der Waals surface area contributed by atoms with Gasteiger partial charge < -0.3 is 4.74 Å². The quantitative estimate of drug-likeness (QED) is 0.448. The molecule has 0 radical (unpaired) electrons. The second-order valence-electron chi connectivity index (χ2n) is 3.20. The number of ether oxygens (including phenoxy) is 1. The molecule has 0 saturated carbocycles. The maximum Gasteiger partial charge on any atom is 0.191 e. The first-order chi connectivity index (χ1) is 7.56. The molecule has 1 rings (SSSR count). The van der Waals surface area contributed by atoms with Gasteiger partial charge in [-0.15, -0.1) is 0 Å². The van der Waals surface area contributed by atoms with Crippen LogP contribution in [0.2, 0.25) is 0 Å². The highest BCUT2D eigenvalue weighted by molar-refractivity contribution is 6.04. The Labute approximate surface area is 92.5 Å². The summed E-state index contributed by atoms with van der Waals surface area (Å²) in [5.74, 6) is -1.95. The van der Waals surface area contributed by atoms with Gasteiger partial charge in [-0.05, 0) is 31.5 Å². The molecule has 1 aromatic carbocycles. The largest absolute Gasteiger partial charge is 0.501 e. The molecule has 86 valence electrons. The zero-order valence-electron chi connectivity index (χ0n) is 9.09. The second kappa shape index (κ2) is 5.39. The Morgan fingerprint density at radius 1 is 1.38 bits per heavy atom. The molecule has 2 nitrogen and oxygen atoms in total. The van der Waals surface area contributed by atoms with E-state index in [0.29, 0.717) is 6.61 Å². The summed E-state index contributed by atoms with van der Waals surface area (Å²) < 4.78 is 31.3. The van der Waals surface area contributed by atoms with Crippen molar-refractivity contribution in [2.24, 2.45) is 0 Å². The summed E-state index contributed by atoms with van der Waals surface area (Å²) in [5, 5.41) is 0. The van der Waals surface area contributed by atoms with E-state index in [4.69, 9.17) is 4.74 Å². The highest BCUT2D eigenvalue weighted by Gasteiger charge is 2.12. The topological polar surface area (TPSA) is 26.3 Å². The normalized spacial score (nSPS) is 10.8. The molecule has 0 bridgehead atoms. The van der Waals surface area contributed by atoms with Gasteiger partial charge in [0.2, 0.25) is 0 Å². The van der Waals surface area contributed by atoms with Gasteiger partial charge in [-0.3, -0.25) is 4.79 Å². The van der Waals surface area contributed by atoms with E-state index >= 15 is 0 Å². The van der Waals surface area contributed by atoms with E-state index < -0.39 is 17.4 Å². The van der Waals surface area contributed by atoms with E-state index in [0.717, 1.165) is 18.2 Å². The van der Waals surface area contributed by atoms with Crippen molar-refractivity contribution in [1.82, 2.24) is 0 Å². The van der Waals surface area contributed by atoms with Crippen LogP contribution in [0, 0.1) is 18.6 Å². The van der Waals surface area contributed by atoms with Crippen LogP contribution in [0.3, 0.4) is 0 Å². The van der Waals surface area contributed by atoms with Crippen molar-refractivity contribution in [1.29, 1.82) is 0 Å². The molecule has 0 aromatic heterocycles. The Morgan fingerprint density at radius 2 is 2.06 bits per heavy atom. The zero-order valence-corrected chi connectivity index (χ0v) is 9.09. The van der Waals surface area contributed by atoms with Crippen LogP contribution in [0.5, 0.6) is 0 Å². The predicted octanol–water partition coefficient (Wildman–Crippen LogP) is 3.01. The molecule has 0 aliphatic heterocycles. The van der Waals surface area contributed by atoms with E-state index in [1.165, 1.54) is 13.2 Å². The summed E-state index contributed by atoms with van der Waals surface area (Å²) in [6, 6.07) is 1.89. The van der Waals surface area contributed by atoms with Crippen LogP contribution < -0.4 is 0 Å². The molecular weight excluding hydrogens is 214 g/mol. The average Bonchev–Trinajstić information content (AvgIpc) is 2.23. The summed E-state index contributed by atoms with van der Waals surface area (Å²) in [5.41, 5.74) is -0.123. The molecular formula is C12H12F2O2. The number of carbonyl (C=O) groups is 1. The van der Waals surface area contributed by atoms with E-state index in [2.05, 4.69) is 0 Å². The van der Waals surface area contributed by atoms with Crippen molar-refractivity contribution in [3.05, 3.63) is 47.2 Å². The lowest BCUT2D eigenvalue weighted by Gasteiger charge is -2.02. The van der Waals surface area contributed by atoms with Crippen LogP contribution >= 0.6 is 0 Å². The van der Waals surface area contributed by atoms with E-state index in [-0.39, 0.29) is 11.1 Å². The van der Waals surface area contributed by atoms with Crippen molar-refractivity contribution in [2.75, 3.05) is 6.61 Å². The highest BCUT2D eigenvalue weighted by atomic mass is 19.1. The van der Waals surface area contributed by atoms with Crippen molar-refractivity contribution in [3.63, 3.8) is 0 Å². The second-order valence-corrected chi connectivity index (χ2v) is 3.20. The first-order valence-corrected chi connectivity index (χ1v) is 4.84. The minimum atomic E-state index is -0.731. The van der Waals surface area contributed by atoms with Crippen molar-refractivity contribution in [3.8, 4) is 0 Å². The van der Waals surface area contributed by atoms with E-state index in [1.54, 1.807) is 6.92 Å². The van der Waals surface area contributed by atoms with Crippen LogP contribution in [-0.4, -0.2) is 12.4 Å². The summed E-state index contributed by atoms with van der Waals surface area (Å²) >= 11 is 0. The Hall–Kier alpha value is -1.71. The first-order valence-electron chi connectivity index (χ1n) is 4.84. The zero-order chi connectivity index (χ0) is 12.1. The SMILES string of the molecule is CCOC=CC(=O)c1cc(F)c(C)cc1F. The van der Waals surface area contributed by atoms with Crippen LogP contribution in [0.1, 0.15) is 22.8 Å². The third kappa shape index (κ3) is 2.89. The van der Waals surface area contributed by atoms with Gasteiger partial charge in [0, 0.05) is 6.08 Å². The summed E-state index contributed by atoms with van der Waals surface area (Å²) in [4.78, 5) is 11.4. The molecule has 16 heavy (non-hydrogen) atoms. The van der Waals surface area contributed by atoms with Crippen LogP contribution in [0.15, 0.2) is 24.5 Å². The molecule has 0 amide bonds. The Morgan fingerprint density at radius 3 is 2.69 bits per heavy atom. The Kier molecular flexibility index (Phi) is 4.17. The maximum atomic E-state index is 13.3. The van der Waals surface area contributed by atoms with Crippen LogP contribution in [-0.2, 0) is 4.74 Å². The van der Waals surface area contributed by atoms with Crippen LogP contribution in [0.25, 0.3) is 0 Å². The molecule has 0 saturated heterocycles. The summed E-state index contributed by atoms with van der Waals surface area (Å²) in [7, 11) is 0. The van der Waals surface area contributed by atoms with Crippen molar-refractivity contribution in [2.45, 2.75) is 13.8 Å². The van der Waals surface area contributed by atoms with Gasteiger partial charge in [-0.25, -0.2) is 8.78 Å². The number of allylic oxidation sites excluding steroid dienone is 1. The fraction of sp³-hybridized carbons (Fsp3) is 0.250. The lowest BCUT2D eigenvalue weighted by atomic mass is 10.1. The number of hydrogen-bond acceptors (Lipinski definition) is 2. The molecule has 0 spiro atoms. The van der Waals surface area contributed by atoms with Gasteiger partial charge in [0.15, 0.2) is 5.78 Å². The standard InChI is InChI=1S/C12H12F2O2/c1-3-16-5-4-12(15)9-7-10(13)8(2)6-11(9)14/h4-7H,3H2,1-2H3. The van der Waals surface area contributed by atoms with Crippen molar-refractivity contribution >= 4 is 5.78 Å². The molecule has 0 fully saturated rings. The molecule has 0 unspecified atom stereocenters. The average molecular weight is 226 g/mol. The number of halogens is 2. The third-order valence-corrected chi connectivity index (χ3v) is 2.00. The molecule has 0 aliphatic carbocycles. The van der Waals surface area contributed by atoms with E-state index in [1.807, 2.05) is 0 Å². The molecule has 4 heteroatoms. The number of carbonyl (C=O) groups excluding carboxylic acids is 1. The van der Waals surface area contributed by atoms with Crippen molar-refractivity contribution < 1.29 is 18.3 Å². The number of benzene rings is 1. The molecule has 0 N–H and O–H groups in total. The number of aryl methyl sites for hydroxylation is 1. The molecule has 0 atom stereocenters. The maximum absolute atomic E-state index is 13.3. The molecule has 1 aromatic rings. The van der Waals surface area contributed by atoms with Gasteiger partial charge in [-0.2, -0.15) is 0 Å². The van der Waals surface area contributed by atoms with Gasteiger partial charge in [0.25, 0.3) is 0 Å². The fourth-order valence-electron chi connectivity index (χ4n) is 1.13. The lowest BCUT2D eigenvalue weighted by molar-refractivity contribution is 0.103. The van der Waals surface area contributed by atoms with Gasteiger partial charge in [0.1, 0.15) is 11.6 Å². The number of rotatable bonds is 4. The molecule has 0 heterocycles. The van der Waals surface area contributed by atoms with E-state index in [9.17, 15) is 13.6 Å². The minimum Gasteiger partial charge on any atom is -0.501 e. The molecule has 0 aliphatic rings. The minimum absolute atomic E-state index is 0.169. The van der Waals surface area contributed by atoms with Crippen LogP contribution in [0.4, 0.5) is 8.78 Å². The number of ketones is 1. The Bertz CT molecular complexity index is 425. The predicted molar refractivity (Wildman–Crippen MR) is 56.2 cm³/mol. The van der Waals surface area contributed by atoms with Gasteiger partial charge >= 0.3 is 0 Å². The third-order valence-electron chi connectivity index (χ3n) is 2.00. The van der Waals surface area contributed by atoms with Gasteiger partial charge in [-0.1, -0.05) is 0 Å². The highest BCUT2D eigenvalue weighted by Crippen LogP contribution is 2.15. The first kappa shape index (κ1) is 12.4. The lowest BCUT2D eigenvalue weighted by Crippen LogP contribution is -2.01.